The minimum Gasteiger partial charge on any atom is -0.462 e. The average Bonchev–Trinajstić information content (AvgIpc) is 3.39. The van der Waals surface area contributed by atoms with Crippen LogP contribution in [0.4, 0.5) is 4.79 Å². The van der Waals surface area contributed by atoms with E-state index in [1.807, 2.05) is 20.8 Å². The first-order chi connectivity index (χ1) is 19.2. The maximum absolute atomic E-state index is 14.0. The predicted octanol–water partition coefficient (Wildman–Crippen LogP) is 7.32. The lowest BCUT2D eigenvalue weighted by Crippen LogP contribution is -2.43. The molecule has 0 radical (unpaired) electrons. The third kappa shape index (κ3) is 7.30. The van der Waals surface area contributed by atoms with Crippen LogP contribution in [0.1, 0.15) is 114 Å². The predicted molar refractivity (Wildman–Crippen MR) is 159 cm³/mol. The standard InChI is InChI=1S/C34H55NO6/c1-19(2)23-12-10-21(5)16-28(23)39-30(36)18-25-26-14-15-27(35(26)33(38)41-34(7,8)9)31(25)32(37)40-29-17-22(6)11-13-24(29)20(3)4/h18-24,26-29,31H,10-17H2,1-9H3/b25-18-/t21-,22-,23+,24+,26-,27+,28-,29-,31+/m1/s1. The van der Waals surface area contributed by atoms with E-state index in [0.29, 0.717) is 53.9 Å². The molecular formula is C34H55NO6. The summed E-state index contributed by atoms with van der Waals surface area (Å²) in [5.74, 6) is 1.08. The van der Waals surface area contributed by atoms with Crippen LogP contribution in [0.5, 0.6) is 0 Å². The van der Waals surface area contributed by atoms with Gasteiger partial charge in [0.2, 0.25) is 0 Å². The monoisotopic (exact) mass is 573 g/mol. The zero-order chi connectivity index (χ0) is 30.2. The molecule has 0 N–H and O–H groups in total. The Morgan fingerprint density at radius 1 is 0.805 bits per heavy atom. The molecule has 7 nitrogen and oxygen atoms in total. The van der Waals surface area contributed by atoms with Crippen molar-refractivity contribution in [2.75, 3.05) is 0 Å². The topological polar surface area (TPSA) is 82.1 Å². The third-order valence-corrected chi connectivity index (χ3v) is 10.2. The molecule has 0 spiro atoms. The smallest absolute Gasteiger partial charge is 0.411 e. The summed E-state index contributed by atoms with van der Waals surface area (Å²) in [6.07, 6.45) is 8.27. The highest BCUT2D eigenvalue weighted by atomic mass is 16.6. The number of hydrogen-bond donors (Lipinski definition) is 0. The van der Waals surface area contributed by atoms with Gasteiger partial charge in [0.1, 0.15) is 23.7 Å². The second-order valence-electron chi connectivity index (χ2n) is 15.3. The summed E-state index contributed by atoms with van der Waals surface area (Å²) in [4.78, 5) is 42.6. The van der Waals surface area contributed by atoms with E-state index in [-0.39, 0.29) is 30.3 Å². The van der Waals surface area contributed by atoms with E-state index in [1.54, 1.807) is 4.90 Å². The van der Waals surface area contributed by atoms with Crippen LogP contribution in [0.2, 0.25) is 0 Å². The van der Waals surface area contributed by atoms with Crippen molar-refractivity contribution in [1.29, 1.82) is 0 Å². The zero-order valence-corrected chi connectivity index (χ0v) is 27.0. The van der Waals surface area contributed by atoms with Gasteiger partial charge in [-0.05, 0) is 100 Å². The lowest BCUT2D eigenvalue weighted by molar-refractivity contribution is -0.160. The van der Waals surface area contributed by atoms with E-state index in [2.05, 4.69) is 41.5 Å². The van der Waals surface area contributed by atoms with Crippen molar-refractivity contribution < 1.29 is 28.6 Å². The van der Waals surface area contributed by atoms with E-state index >= 15 is 0 Å². The first-order valence-corrected chi connectivity index (χ1v) is 16.3. The number of fused-ring (bicyclic) bond motifs is 2. The molecule has 7 heteroatoms. The second kappa shape index (κ2) is 12.7. The van der Waals surface area contributed by atoms with Gasteiger partial charge in [0.15, 0.2) is 0 Å². The number of carbonyl (C=O) groups excluding carboxylic acids is 3. The Kier molecular flexibility index (Phi) is 9.85. The largest absolute Gasteiger partial charge is 0.462 e. The molecule has 2 heterocycles. The third-order valence-electron chi connectivity index (χ3n) is 10.2. The minimum absolute atomic E-state index is 0.135. The molecule has 0 unspecified atom stereocenters. The van der Waals surface area contributed by atoms with Gasteiger partial charge in [-0.1, -0.05) is 54.4 Å². The van der Waals surface area contributed by atoms with Gasteiger partial charge in [-0.2, -0.15) is 0 Å². The van der Waals surface area contributed by atoms with Crippen LogP contribution >= 0.6 is 0 Å². The lowest BCUT2D eigenvalue weighted by Gasteiger charge is -2.37. The first kappa shape index (κ1) is 31.9. The van der Waals surface area contributed by atoms with Crippen molar-refractivity contribution in [3.05, 3.63) is 11.6 Å². The van der Waals surface area contributed by atoms with Crippen molar-refractivity contribution in [2.45, 2.75) is 144 Å². The Labute approximate surface area is 248 Å². The van der Waals surface area contributed by atoms with Crippen molar-refractivity contribution in [1.82, 2.24) is 4.90 Å². The molecule has 4 rings (SSSR count). The van der Waals surface area contributed by atoms with E-state index in [9.17, 15) is 14.4 Å². The highest BCUT2D eigenvalue weighted by Gasteiger charge is 2.57. The number of hydrogen-bond acceptors (Lipinski definition) is 6. The molecule has 1 amide bonds. The lowest BCUT2D eigenvalue weighted by atomic mass is 9.75. The highest BCUT2D eigenvalue weighted by molar-refractivity contribution is 5.88. The zero-order valence-electron chi connectivity index (χ0n) is 27.0. The molecule has 2 saturated heterocycles. The SMILES string of the molecule is CC(C)[C@@H]1CC[C@@H](C)C[C@H]1OC(=O)/C=C1/[C@H]2CC[C@@H]([C@H]1C(=O)O[C@@H]1C[C@H](C)CC[C@H]1C(C)C)N2C(=O)OC(C)(C)C. The summed E-state index contributed by atoms with van der Waals surface area (Å²) >= 11 is 0. The highest BCUT2D eigenvalue weighted by Crippen LogP contribution is 2.48. The Morgan fingerprint density at radius 3 is 1.85 bits per heavy atom. The van der Waals surface area contributed by atoms with Gasteiger partial charge >= 0.3 is 18.0 Å². The fourth-order valence-corrected chi connectivity index (χ4v) is 8.02. The number of nitrogens with zero attached hydrogens (tertiary/aromatic N) is 1. The molecule has 0 aromatic heterocycles. The number of ether oxygens (including phenoxy) is 3. The van der Waals surface area contributed by atoms with Crippen molar-refractivity contribution >= 4 is 18.0 Å². The van der Waals surface area contributed by atoms with Crippen molar-refractivity contribution in [3.63, 3.8) is 0 Å². The van der Waals surface area contributed by atoms with Crippen LogP contribution in [-0.2, 0) is 23.8 Å². The molecule has 9 atom stereocenters. The van der Waals surface area contributed by atoms with Crippen LogP contribution in [-0.4, -0.2) is 52.8 Å². The molecule has 0 aromatic carbocycles. The van der Waals surface area contributed by atoms with Crippen LogP contribution in [0.25, 0.3) is 0 Å². The molecule has 2 bridgehead atoms. The van der Waals surface area contributed by atoms with E-state index < -0.39 is 23.6 Å². The number of rotatable bonds is 6. The van der Waals surface area contributed by atoms with Gasteiger partial charge in [0, 0.05) is 6.08 Å². The molecule has 41 heavy (non-hydrogen) atoms. The molecule has 2 aliphatic heterocycles. The molecule has 4 fully saturated rings. The quantitative estimate of drug-likeness (QED) is 0.188. The van der Waals surface area contributed by atoms with Crippen molar-refractivity contribution in [2.24, 2.45) is 41.4 Å². The van der Waals surface area contributed by atoms with Gasteiger partial charge in [-0.15, -0.1) is 0 Å². The van der Waals surface area contributed by atoms with Gasteiger partial charge in [0.25, 0.3) is 0 Å². The van der Waals surface area contributed by atoms with Crippen LogP contribution in [0.3, 0.4) is 0 Å². The van der Waals surface area contributed by atoms with E-state index in [1.165, 1.54) is 6.08 Å². The van der Waals surface area contributed by atoms with E-state index in [0.717, 1.165) is 38.5 Å². The van der Waals surface area contributed by atoms with E-state index in [4.69, 9.17) is 14.2 Å². The maximum Gasteiger partial charge on any atom is 0.411 e. The molecule has 232 valence electrons. The van der Waals surface area contributed by atoms with Crippen LogP contribution in [0, 0.1) is 41.4 Å². The summed E-state index contributed by atoms with van der Waals surface area (Å²) in [6, 6.07) is -0.740. The fourth-order valence-electron chi connectivity index (χ4n) is 8.02. The summed E-state index contributed by atoms with van der Waals surface area (Å²) < 4.78 is 18.2. The number of amides is 1. The molecule has 4 aliphatic rings. The van der Waals surface area contributed by atoms with Gasteiger partial charge in [-0.3, -0.25) is 9.69 Å². The second-order valence-corrected chi connectivity index (χ2v) is 15.3. The summed E-state index contributed by atoms with van der Waals surface area (Å²) in [5, 5.41) is 0. The Morgan fingerprint density at radius 2 is 1.34 bits per heavy atom. The fraction of sp³-hybridized carbons (Fsp3) is 0.853. The molecule has 2 saturated carbocycles. The summed E-state index contributed by atoms with van der Waals surface area (Å²) in [7, 11) is 0. The van der Waals surface area contributed by atoms with Crippen LogP contribution in [0.15, 0.2) is 11.6 Å². The van der Waals surface area contributed by atoms with Crippen molar-refractivity contribution in [3.8, 4) is 0 Å². The van der Waals surface area contributed by atoms with Crippen LogP contribution < -0.4 is 0 Å². The summed E-state index contributed by atoms with van der Waals surface area (Å²) in [5.41, 5.74) is -0.0125. The number of carbonyl (C=O) groups is 3. The Balaban J connectivity index is 1.60. The molecule has 2 aliphatic carbocycles. The normalized spacial score (nSPS) is 36.6. The minimum atomic E-state index is -0.676. The molecule has 0 aromatic rings. The Hall–Kier alpha value is -2.05. The average molecular weight is 574 g/mol. The summed E-state index contributed by atoms with van der Waals surface area (Å²) in [6.45, 7) is 18.7. The number of esters is 2. The first-order valence-electron chi connectivity index (χ1n) is 16.3. The Bertz CT molecular complexity index is 996. The van der Waals surface area contributed by atoms with Gasteiger partial charge in [-0.25, -0.2) is 9.59 Å². The molecular weight excluding hydrogens is 518 g/mol. The van der Waals surface area contributed by atoms with Gasteiger partial charge in [0.05, 0.1) is 12.1 Å². The van der Waals surface area contributed by atoms with Gasteiger partial charge < -0.3 is 14.2 Å². The maximum atomic E-state index is 14.0.